The van der Waals surface area contributed by atoms with E-state index in [1.54, 1.807) is 36.1 Å². The Bertz CT molecular complexity index is 443. The lowest BCUT2D eigenvalue weighted by Crippen LogP contribution is -2.47. The second-order valence-electron chi connectivity index (χ2n) is 4.08. The first-order valence-electron chi connectivity index (χ1n) is 5.66. The van der Waals surface area contributed by atoms with E-state index in [9.17, 15) is 4.79 Å². The highest BCUT2D eigenvalue weighted by Crippen LogP contribution is 2.16. The van der Waals surface area contributed by atoms with Crippen LogP contribution in [-0.2, 0) is 4.79 Å². The first-order chi connectivity index (χ1) is 8.20. The molecule has 1 aliphatic rings. The Morgan fingerprint density at radius 1 is 1.41 bits per heavy atom. The Kier molecular flexibility index (Phi) is 3.29. The van der Waals surface area contributed by atoms with Crippen LogP contribution in [0.1, 0.15) is 18.9 Å². The molecule has 1 atom stereocenters. The molecule has 0 aromatic heterocycles. The lowest BCUT2D eigenvalue weighted by Gasteiger charge is -2.33. The number of carbonyl (C=O) groups is 1. The molecule has 1 amide bonds. The van der Waals surface area contributed by atoms with Gasteiger partial charge in [-0.2, -0.15) is 5.26 Å². The number of ether oxygens (including phenoxy) is 1. The van der Waals surface area contributed by atoms with Crippen molar-refractivity contribution in [1.82, 2.24) is 4.90 Å². The fourth-order valence-electron chi connectivity index (χ4n) is 1.66. The molecule has 0 N–H and O–H groups in total. The molecule has 0 radical (unpaired) electrons. The van der Waals surface area contributed by atoms with Gasteiger partial charge in [0.05, 0.1) is 11.6 Å². The fraction of sp³-hybridized carbons (Fsp3) is 0.385. The van der Waals surface area contributed by atoms with E-state index in [-0.39, 0.29) is 5.91 Å². The fourth-order valence-corrected chi connectivity index (χ4v) is 1.66. The van der Waals surface area contributed by atoms with E-state index in [2.05, 4.69) is 0 Å². The van der Waals surface area contributed by atoms with Crippen LogP contribution in [0.4, 0.5) is 0 Å². The molecule has 0 bridgehead atoms. The van der Waals surface area contributed by atoms with Gasteiger partial charge < -0.3 is 9.64 Å². The summed E-state index contributed by atoms with van der Waals surface area (Å²) in [5.41, 5.74) is 0.582. The molecule has 0 saturated carbocycles. The van der Waals surface area contributed by atoms with Gasteiger partial charge in [-0.1, -0.05) is 0 Å². The van der Waals surface area contributed by atoms with Gasteiger partial charge in [0.2, 0.25) is 0 Å². The number of nitrogens with zero attached hydrogens (tertiary/aromatic N) is 2. The van der Waals surface area contributed by atoms with E-state index < -0.39 is 6.10 Å². The van der Waals surface area contributed by atoms with Gasteiger partial charge >= 0.3 is 0 Å². The van der Waals surface area contributed by atoms with Gasteiger partial charge in [0.15, 0.2) is 6.10 Å². The number of rotatable bonds is 3. The third-order valence-corrected chi connectivity index (χ3v) is 2.81. The average molecular weight is 230 g/mol. The van der Waals surface area contributed by atoms with Crippen molar-refractivity contribution in [2.75, 3.05) is 13.1 Å². The van der Waals surface area contributed by atoms with Gasteiger partial charge in [0, 0.05) is 13.1 Å². The van der Waals surface area contributed by atoms with Crippen molar-refractivity contribution in [1.29, 1.82) is 5.26 Å². The maximum Gasteiger partial charge on any atom is 0.263 e. The summed E-state index contributed by atoms with van der Waals surface area (Å²) in [4.78, 5) is 13.6. The van der Waals surface area contributed by atoms with Crippen molar-refractivity contribution in [3.8, 4) is 11.8 Å². The third kappa shape index (κ3) is 2.56. The molecule has 1 saturated heterocycles. The van der Waals surface area contributed by atoms with Crippen LogP contribution < -0.4 is 4.74 Å². The number of amides is 1. The summed E-state index contributed by atoms with van der Waals surface area (Å²) < 4.78 is 5.53. The Balaban J connectivity index is 1.95. The second-order valence-corrected chi connectivity index (χ2v) is 4.08. The lowest BCUT2D eigenvalue weighted by molar-refractivity contribution is -0.141. The monoisotopic (exact) mass is 230 g/mol. The molecule has 0 aliphatic carbocycles. The Labute approximate surface area is 100 Å². The Hall–Kier alpha value is -2.02. The van der Waals surface area contributed by atoms with E-state index >= 15 is 0 Å². The van der Waals surface area contributed by atoms with Crippen molar-refractivity contribution in [2.24, 2.45) is 0 Å². The molecule has 2 rings (SSSR count). The largest absolute Gasteiger partial charge is 0.481 e. The van der Waals surface area contributed by atoms with E-state index in [0.29, 0.717) is 11.3 Å². The van der Waals surface area contributed by atoms with Crippen LogP contribution in [0.5, 0.6) is 5.75 Å². The van der Waals surface area contributed by atoms with E-state index in [4.69, 9.17) is 10.00 Å². The minimum Gasteiger partial charge on any atom is -0.481 e. The molecule has 4 nitrogen and oxygen atoms in total. The van der Waals surface area contributed by atoms with Crippen molar-refractivity contribution in [2.45, 2.75) is 19.4 Å². The predicted molar refractivity (Wildman–Crippen MR) is 62.4 cm³/mol. The zero-order valence-corrected chi connectivity index (χ0v) is 9.72. The summed E-state index contributed by atoms with van der Waals surface area (Å²) >= 11 is 0. The van der Waals surface area contributed by atoms with Crippen LogP contribution in [0.15, 0.2) is 24.3 Å². The van der Waals surface area contributed by atoms with Gasteiger partial charge in [-0.05, 0) is 37.6 Å². The van der Waals surface area contributed by atoms with Gasteiger partial charge in [-0.15, -0.1) is 0 Å². The number of carbonyl (C=O) groups excluding carboxylic acids is 1. The zero-order chi connectivity index (χ0) is 12.3. The summed E-state index contributed by atoms with van der Waals surface area (Å²) in [5.74, 6) is 0.644. The quantitative estimate of drug-likeness (QED) is 0.791. The maximum atomic E-state index is 11.8. The standard InChI is InChI=1S/C13H14N2O2/c1-10(13(16)15-7-2-8-15)17-12-5-3-11(9-14)4-6-12/h3-6,10H,2,7-8H2,1H3. The van der Waals surface area contributed by atoms with Gasteiger partial charge in [-0.25, -0.2) is 0 Å². The Morgan fingerprint density at radius 2 is 2.06 bits per heavy atom. The van der Waals surface area contributed by atoms with Crippen LogP contribution in [0.2, 0.25) is 0 Å². The molecule has 1 fully saturated rings. The summed E-state index contributed by atoms with van der Waals surface area (Å²) in [6, 6.07) is 8.80. The highest BCUT2D eigenvalue weighted by molar-refractivity contribution is 5.81. The summed E-state index contributed by atoms with van der Waals surface area (Å²) in [7, 11) is 0. The van der Waals surface area contributed by atoms with Crippen LogP contribution in [0.25, 0.3) is 0 Å². The molecule has 1 aromatic carbocycles. The highest BCUT2D eigenvalue weighted by Gasteiger charge is 2.26. The number of likely N-dealkylation sites (tertiary alicyclic amines) is 1. The first kappa shape index (κ1) is 11.5. The molecule has 17 heavy (non-hydrogen) atoms. The van der Waals surface area contributed by atoms with Gasteiger partial charge in [0.25, 0.3) is 5.91 Å². The third-order valence-electron chi connectivity index (χ3n) is 2.81. The predicted octanol–water partition coefficient (Wildman–Crippen LogP) is 1.56. The maximum absolute atomic E-state index is 11.8. The number of benzene rings is 1. The van der Waals surface area contributed by atoms with E-state index in [1.165, 1.54) is 0 Å². The molecule has 0 spiro atoms. The SMILES string of the molecule is CC(Oc1ccc(C#N)cc1)C(=O)N1CCC1. The molecule has 1 aromatic rings. The highest BCUT2D eigenvalue weighted by atomic mass is 16.5. The molecule has 1 unspecified atom stereocenters. The molecule has 4 heteroatoms. The van der Waals surface area contributed by atoms with E-state index in [0.717, 1.165) is 19.5 Å². The number of nitriles is 1. The van der Waals surface area contributed by atoms with Crippen LogP contribution in [-0.4, -0.2) is 30.0 Å². The van der Waals surface area contributed by atoms with Gasteiger partial charge in [-0.3, -0.25) is 4.79 Å². The number of hydrogen-bond acceptors (Lipinski definition) is 3. The second kappa shape index (κ2) is 4.88. The lowest BCUT2D eigenvalue weighted by atomic mass is 10.2. The molecular formula is C13H14N2O2. The minimum absolute atomic E-state index is 0.0283. The zero-order valence-electron chi connectivity index (χ0n) is 9.72. The average Bonchev–Trinajstić information content (AvgIpc) is 2.27. The summed E-state index contributed by atoms with van der Waals surface area (Å²) in [5, 5.41) is 8.66. The van der Waals surface area contributed by atoms with Crippen LogP contribution >= 0.6 is 0 Å². The summed E-state index contributed by atoms with van der Waals surface area (Å²) in [6.07, 6.45) is 0.609. The molecule has 1 aliphatic heterocycles. The Morgan fingerprint density at radius 3 is 2.53 bits per heavy atom. The molecular weight excluding hydrogens is 216 g/mol. The minimum atomic E-state index is -0.469. The van der Waals surface area contributed by atoms with Crippen LogP contribution in [0.3, 0.4) is 0 Å². The van der Waals surface area contributed by atoms with Crippen molar-refractivity contribution in [3.63, 3.8) is 0 Å². The van der Waals surface area contributed by atoms with Crippen LogP contribution in [0, 0.1) is 11.3 Å². The van der Waals surface area contributed by atoms with Crippen molar-refractivity contribution < 1.29 is 9.53 Å². The number of hydrogen-bond donors (Lipinski definition) is 0. The topological polar surface area (TPSA) is 53.3 Å². The van der Waals surface area contributed by atoms with E-state index in [1.807, 2.05) is 6.07 Å². The molecule has 88 valence electrons. The smallest absolute Gasteiger partial charge is 0.263 e. The summed E-state index contributed by atoms with van der Waals surface area (Å²) in [6.45, 7) is 3.42. The molecule has 1 heterocycles. The normalized spacial score (nSPS) is 15.6. The van der Waals surface area contributed by atoms with Gasteiger partial charge in [0.1, 0.15) is 5.75 Å². The first-order valence-corrected chi connectivity index (χ1v) is 5.66. The van der Waals surface area contributed by atoms with Crippen molar-refractivity contribution in [3.05, 3.63) is 29.8 Å². The van der Waals surface area contributed by atoms with Crippen molar-refractivity contribution >= 4 is 5.91 Å².